The second-order valence-corrected chi connectivity index (χ2v) is 11.1. The number of hydrogen-bond donors (Lipinski definition) is 2. The first-order valence-electron chi connectivity index (χ1n) is 4.01. The molecule has 0 radical (unpaired) electrons. The van der Waals surface area contributed by atoms with E-state index in [9.17, 15) is 4.21 Å². The van der Waals surface area contributed by atoms with Crippen LogP contribution in [-0.4, -0.2) is 23.0 Å². The number of rotatable bonds is 3. The van der Waals surface area contributed by atoms with Gasteiger partial charge in [0.05, 0.1) is 8.07 Å². The van der Waals surface area contributed by atoms with E-state index in [0.717, 1.165) is 0 Å². The van der Waals surface area contributed by atoms with Crippen LogP contribution in [0.15, 0.2) is 0 Å². The molecule has 0 bridgehead atoms. The van der Waals surface area contributed by atoms with Crippen molar-refractivity contribution in [2.24, 2.45) is 0 Å². The monoisotopic (exact) mass is 209 g/mol. The Morgan fingerprint density at radius 3 is 2.08 bits per heavy atom. The molecule has 0 saturated carbocycles. The molecular weight excluding hydrogens is 190 g/mol. The molecule has 0 spiro atoms. The lowest BCUT2D eigenvalue weighted by atomic mass is 10.2. The fourth-order valence-electron chi connectivity index (χ4n) is 0.507. The van der Waals surface area contributed by atoms with Crippen molar-refractivity contribution in [1.29, 1.82) is 0 Å². The van der Waals surface area contributed by atoms with Crippen LogP contribution in [0.1, 0.15) is 20.8 Å². The van der Waals surface area contributed by atoms with E-state index in [0.29, 0.717) is 6.17 Å². The van der Waals surface area contributed by atoms with Crippen LogP contribution in [-0.2, 0) is 11.3 Å². The lowest BCUT2D eigenvalue weighted by Gasteiger charge is -2.36. The van der Waals surface area contributed by atoms with Crippen LogP contribution in [0.3, 0.4) is 0 Å². The van der Waals surface area contributed by atoms with Crippen molar-refractivity contribution in [1.82, 2.24) is 4.72 Å². The summed E-state index contributed by atoms with van der Waals surface area (Å²) in [5, 5.41) is 0.263. The summed E-state index contributed by atoms with van der Waals surface area (Å²) in [5.74, 6) is 0. The van der Waals surface area contributed by atoms with E-state index in [1.165, 1.54) is 0 Å². The molecule has 2 N–H and O–H groups in total. The van der Waals surface area contributed by atoms with Crippen molar-refractivity contribution in [3.63, 3.8) is 0 Å². The molecule has 0 aliphatic carbocycles. The van der Waals surface area contributed by atoms with E-state index in [1.54, 1.807) is 0 Å². The van der Waals surface area contributed by atoms with Crippen molar-refractivity contribution in [2.75, 3.05) is 6.17 Å². The molecule has 0 rings (SSSR count). The summed E-state index contributed by atoms with van der Waals surface area (Å²) in [6, 6.07) is 0. The number of hydrogen-bond acceptors (Lipinski definition) is 1. The first-order valence-corrected chi connectivity index (χ1v) is 8.32. The van der Waals surface area contributed by atoms with Gasteiger partial charge in [-0.2, -0.15) is 0 Å². The van der Waals surface area contributed by atoms with E-state index in [1.807, 2.05) is 0 Å². The molecular formula is C7H19NO2SSi. The molecule has 0 aliphatic rings. The van der Waals surface area contributed by atoms with Gasteiger partial charge in [-0.1, -0.05) is 33.9 Å². The van der Waals surface area contributed by atoms with Crippen LogP contribution in [0, 0.1) is 0 Å². The van der Waals surface area contributed by atoms with Crippen LogP contribution in [0.25, 0.3) is 0 Å². The highest BCUT2D eigenvalue weighted by atomic mass is 32.2. The molecule has 0 saturated heterocycles. The predicted octanol–water partition coefficient (Wildman–Crippen LogP) is 1.76. The van der Waals surface area contributed by atoms with Crippen LogP contribution in [0.2, 0.25) is 18.1 Å². The quantitative estimate of drug-likeness (QED) is 0.550. The summed E-state index contributed by atoms with van der Waals surface area (Å²) < 4.78 is 21.5. The zero-order chi connectivity index (χ0) is 9.99. The van der Waals surface area contributed by atoms with Gasteiger partial charge in [0.25, 0.3) is 0 Å². The van der Waals surface area contributed by atoms with E-state index < -0.39 is 19.3 Å². The molecule has 0 aliphatic heterocycles. The molecule has 0 aromatic heterocycles. The van der Waals surface area contributed by atoms with Gasteiger partial charge in [0.2, 0.25) is 11.3 Å². The maximum Gasteiger partial charge on any atom is 0.231 e. The molecule has 0 aromatic rings. The van der Waals surface area contributed by atoms with Crippen LogP contribution in [0.5, 0.6) is 0 Å². The highest BCUT2D eigenvalue weighted by molar-refractivity contribution is 7.77. The lowest BCUT2D eigenvalue weighted by Crippen LogP contribution is -2.47. The zero-order valence-corrected chi connectivity index (χ0v) is 10.3. The summed E-state index contributed by atoms with van der Waals surface area (Å²) in [6.07, 6.45) is 0.680. The summed E-state index contributed by atoms with van der Waals surface area (Å²) in [7, 11) is -1.43. The zero-order valence-electron chi connectivity index (χ0n) is 8.47. The Labute approximate surface area is 78.4 Å². The Morgan fingerprint density at radius 1 is 1.42 bits per heavy atom. The Morgan fingerprint density at radius 2 is 1.83 bits per heavy atom. The molecule has 0 fully saturated rings. The fourth-order valence-corrected chi connectivity index (χ4v) is 2.97. The third kappa shape index (κ3) is 3.80. The topological polar surface area (TPSA) is 49.3 Å². The summed E-state index contributed by atoms with van der Waals surface area (Å²) in [5.41, 5.74) is 0. The molecule has 1 atom stereocenters. The van der Waals surface area contributed by atoms with Gasteiger partial charge in [0, 0.05) is 6.17 Å². The van der Waals surface area contributed by atoms with Crippen molar-refractivity contribution in [3.8, 4) is 0 Å². The summed E-state index contributed by atoms with van der Waals surface area (Å²) >= 11 is -1.86. The average molecular weight is 209 g/mol. The van der Waals surface area contributed by atoms with Gasteiger partial charge in [0.1, 0.15) is 0 Å². The molecule has 12 heavy (non-hydrogen) atoms. The molecule has 5 heteroatoms. The van der Waals surface area contributed by atoms with Crippen molar-refractivity contribution >= 4 is 19.3 Å². The molecule has 0 aromatic carbocycles. The minimum Gasteiger partial charge on any atom is -0.294 e. The van der Waals surface area contributed by atoms with Crippen molar-refractivity contribution < 1.29 is 8.76 Å². The Hall–Kier alpha value is 0.287. The Bertz CT molecular complexity index is 177. The molecule has 74 valence electrons. The van der Waals surface area contributed by atoms with Gasteiger partial charge in [-0.15, -0.1) is 0 Å². The third-order valence-corrected chi connectivity index (χ3v) is 8.44. The van der Waals surface area contributed by atoms with Crippen LogP contribution in [0.4, 0.5) is 0 Å². The predicted molar refractivity (Wildman–Crippen MR) is 56.0 cm³/mol. The number of nitrogens with one attached hydrogen (secondary N) is 1. The fraction of sp³-hybridized carbons (Fsp3) is 1.00. The van der Waals surface area contributed by atoms with E-state index >= 15 is 0 Å². The van der Waals surface area contributed by atoms with Gasteiger partial charge in [-0.25, -0.2) is 8.93 Å². The van der Waals surface area contributed by atoms with E-state index in [2.05, 4.69) is 38.6 Å². The second kappa shape index (κ2) is 4.00. The first kappa shape index (κ1) is 12.3. The highest BCUT2D eigenvalue weighted by Crippen LogP contribution is 2.35. The van der Waals surface area contributed by atoms with Gasteiger partial charge in [0.15, 0.2) is 0 Å². The van der Waals surface area contributed by atoms with Crippen molar-refractivity contribution in [3.05, 3.63) is 0 Å². The van der Waals surface area contributed by atoms with Crippen LogP contribution >= 0.6 is 0 Å². The first-order chi connectivity index (χ1) is 5.17. The largest absolute Gasteiger partial charge is 0.294 e. The van der Waals surface area contributed by atoms with Gasteiger partial charge < -0.3 is 0 Å². The molecule has 0 heterocycles. The average Bonchev–Trinajstić information content (AvgIpc) is 1.81. The molecule has 3 nitrogen and oxygen atoms in total. The van der Waals surface area contributed by atoms with Crippen molar-refractivity contribution in [2.45, 2.75) is 38.9 Å². The highest BCUT2D eigenvalue weighted by Gasteiger charge is 2.34. The minimum atomic E-state index is -1.86. The van der Waals surface area contributed by atoms with Crippen LogP contribution < -0.4 is 4.72 Å². The minimum absolute atomic E-state index is 0.263. The van der Waals surface area contributed by atoms with Gasteiger partial charge >= 0.3 is 0 Å². The summed E-state index contributed by atoms with van der Waals surface area (Å²) in [6.45, 7) is 11.0. The lowest BCUT2D eigenvalue weighted by molar-refractivity contribution is 0.553. The summed E-state index contributed by atoms with van der Waals surface area (Å²) in [4.78, 5) is 0. The molecule has 1 unspecified atom stereocenters. The normalized spacial score (nSPS) is 16.2. The Balaban J connectivity index is 4.14. The second-order valence-electron chi connectivity index (χ2n) is 4.70. The maximum absolute atomic E-state index is 10.4. The smallest absolute Gasteiger partial charge is 0.231 e. The Kier molecular flexibility index (Phi) is 4.09. The molecule has 0 amide bonds. The van der Waals surface area contributed by atoms with E-state index in [-0.39, 0.29) is 5.04 Å². The standard InChI is InChI=1S/C7H19NO2SSi/c1-7(2,3)12(4,5)6-8-11(9)10/h8H,6H2,1-5H3,(H,9,10). The van der Waals surface area contributed by atoms with E-state index in [4.69, 9.17) is 4.55 Å². The third-order valence-electron chi connectivity index (χ3n) is 2.67. The van der Waals surface area contributed by atoms with Gasteiger partial charge in [-0.05, 0) is 5.04 Å². The maximum atomic E-state index is 10.4. The van der Waals surface area contributed by atoms with Gasteiger partial charge in [-0.3, -0.25) is 4.55 Å². The SMILES string of the molecule is CC(C)(C)[Si](C)(C)CNS(=O)O.